The van der Waals surface area contributed by atoms with Crippen molar-refractivity contribution in [2.45, 2.75) is 6.54 Å². The van der Waals surface area contributed by atoms with Crippen molar-refractivity contribution in [2.75, 3.05) is 4.90 Å². The number of carbonyl (C=O) groups excluding carboxylic acids is 2. The highest BCUT2D eigenvalue weighted by Crippen LogP contribution is 2.35. The number of hydrogen-bond donors (Lipinski definition) is 0. The number of fused-ring (bicyclic) bond motifs is 1. The average molecular weight is 369 g/mol. The summed E-state index contributed by atoms with van der Waals surface area (Å²) in [4.78, 5) is 25.5. The summed E-state index contributed by atoms with van der Waals surface area (Å²) in [6.45, 7) is 0.118. The first-order chi connectivity index (χ1) is 9.99. The Kier molecular flexibility index (Phi) is 3.55. The molecule has 0 aliphatic carbocycles. The first-order valence-electron chi connectivity index (χ1n) is 6.07. The van der Waals surface area contributed by atoms with Crippen molar-refractivity contribution in [1.82, 2.24) is 0 Å². The highest BCUT2D eigenvalue weighted by atomic mass is 79.9. The van der Waals surface area contributed by atoms with Crippen LogP contribution in [0.25, 0.3) is 0 Å². The van der Waals surface area contributed by atoms with Crippen LogP contribution in [0.3, 0.4) is 0 Å². The molecule has 0 spiro atoms. The van der Waals surface area contributed by atoms with E-state index in [0.717, 1.165) is 0 Å². The number of hydrogen-bond acceptors (Lipinski definition) is 2. The summed E-state index contributed by atoms with van der Waals surface area (Å²) in [5.41, 5.74) is 1.45. The van der Waals surface area contributed by atoms with Crippen LogP contribution in [0.1, 0.15) is 15.9 Å². The van der Waals surface area contributed by atoms with Gasteiger partial charge >= 0.3 is 0 Å². The molecule has 21 heavy (non-hydrogen) atoms. The zero-order valence-corrected chi connectivity index (χ0v) is 12.9. The second kappa shape index (κ2) is 5.24. The molecule has 0 saturated heterocycles. The van der Waals surface area contributed by atoms with E-state index in [4.69, 9.17) is 11.6 Å². The van der Waals surface area contributed by atoms with E-state index < -0.39 is 17.5 Å². The largest absolute Gasteiger partial charge is 0.300 e. The third-order valence-electron chi connectivity index (χ3n) is 3.29. The van der Waals surface area contributed by atoms with Gasteiger partial charge in [-0.25, -0.2) is 4.39 Å². The van der Waals surface area contributed by atoms with E-state index in [1.165, 1.54) is 23.1 Å². The van der Waals surface area contributed by atoms with Gasteiger partial charge in [0.25, 0.3) is 11.7 Å². The molecule has 3 rings (SSSR count). The van der Waals surface area contributed by atoms with Crippen LogP contribution in [-0.4, -0.2) is 11.7 Å². The maximum absolute atomic E-state index is 13.1. The molecule has 0 bridgehead atoms. The van der Waals surface area contributed by atoms with Gasteiger partial charge in [-0.1, -0.05) is 23.7 Å². The number of carbonyl (C=O) groups is 2. The number of Topliss-reactive ketones (excluding diaryl/α,β-unsaturated/α-hetero) is 1. The maximum atomic E-state index is 13.1. The Labute approximate surface area is 133 Å². The summed E-state index contributed by atoms with van der Waals surface area (Å²) in [7, 11) is 0. The van der Waals surface area contributed by atoms with Gasteiger partial charge in [0.05, 0.1) is 17.8 Å². The number of anilines is 1. The molecule has 0 atom stereocenters. The lowest BCUT2D eigenvalue weighted by Crippen LogP contribution is -2.29. The van der Waals surface area contributed by atoms with Crippen LogP contribution < -0.4 is 4.90 Å². The molecule has 2 aromatic rings. The van der Waals surface area contributed by atoms with Crippen LogP contribution in [0.2, 0.25) is 5.02 Å². The zero-order valence-electron chi connectivity index (χ0n) is 10.6. The van der Waals surface area contributed by atoms with Crippen LogP contribution in [-0.2, 0) is 11.3 Å². The van der Waals surface area contributed by atoms with Crippen LogP contribution in [0, 0.1) is 5.82 Å². The summed E-state index contributed by atoms with van der Waals surface area (Å²) < 4.78 is 13.6. The van der Waals surface area contributed by atoms with Crippen molar-refractivity contribution in [1.29, 1.82) is 0 Å². The summed E-state index contributed by atoms with van der Waals surface area (Å²) in [5, 5.41) is 0.221. The molecule has 0 fully saturated rings. The standard InChI is InChI=1S/C15H8BrClFNO2/c16-10-2-1-3-12-13(10)14(20)15(21)19(12)7-8-4-5-9(18)6-11(8)17/h1-6H,7H2. The highest BCUT2D eigenvalue weighted by molar-refractivity contribution is 9.10. The second-order valence-electron chi connectivity index (χ2n) is 4.59. The van der Waals surface area contributed by atoms with Gasteiger partial charge in [-0.05, 0) is 45.8 Å². The van der Waals surface area contributed by atoms with Crippen LogP contribution in [0.5, 0.6) is 0 Å². The quantitative estimate of drug-likeness (QED) is 0.752. The summed E-state index contributed by atoms with van der Waals surface area (Å²) in [5.74, 6) is -1.62. The Bertz CT molecular complexity index is 778. The van der Waals surface area contributed by atoms with E-state index in [1.807, 2.05) is 0 Å². The SMILES string of the molecule is O=C1C(=O)N(Cc2ccc(F)cc2Cl)c2cccc(Br)c21. The molecule has 1 aliphatic heterocycles. The number of ketones is 1. The summed E-state index contributed by atoms with van der Waals surface area (Å²) in [6, 6.07) is 9.10. The molecule has 106 valence electrons. The monoisotopic (exact) mass is 367 g/mol. The van der Waals surface area contributed by atoms with Gasteiger partial charge in [0.2, 0.25) is 0 Å². The molecule has 1 heterocycles. The Hall–Kier alpha value is -1.72. The summed E-state index contributed by atoms with van der Waals surface area (Å²) >= 11 is 9.25. The van der Waals surface area contributed by atoms with Crippen molar-refractivity contribution >= 4 is 44.9 Å². The Morgan fingerprint density at radius 1 is 1.19 bits per heavy atom. The molecular formula is C15H8BrClFNO2. The molecule has 3 nitrogen and oxygen atoms in total. The molecule has 0 N–H and O–H groups in total. The lowest BCUT2D eigenvalue weighted by atomic mass is 10.1. The normalized spacial score (nSPS) is 13.8. The van der Waals surface area contributed by atoms with Crippen molar-refractivity contribution in [2.24, 2.45) is 0 Å². The van der Waals surface area contributed by atoms with E-state index in [1.54, 1.807) is 18.2 Å². The van der Waals surface area contributed by atoms with Crippen LogP contribution >= 0.6 is 27.5 Å². The van der Waals surface area contributed by atoms with Crippen molar-refractivity contribution < 1.29 is 14.0 Å². The minimum Gasteiger partial charge on any atom is -0.300 e. The predicted molar refractivity (Wildman–Crippen MR) is 81.1 cm³/mol. The molecule has 0 aromatic heterocycles. The van der Waals surface area contributed by atoms with Gasteiger partial charge in [0, 0.05) is 9.50 Å². The highest BCUT2D eigenvalue weighted by Gasteiger charge is 2.37. The van der Waals surface area contributed by atoms with Crippen molar-refractivity contribution in [3.8, 4) is 0 Å². The Morgan fingerprint density at radius 3 is 2.67 bits per heavy atom. The van der Waals surface area contributed by atoms with Gasteiger partial charge in [-0.3, -0.25) is 9.59 Å². The van der Waals surface area contributed by atoms with Crippen molar-refractivity contribution in [3.63, 3.8) is 0 Å². The minimum atomic E-state index is -0.614. The predicted octanol–water partition coefficient (Wildman–Crippen LogP) is 3.97. The molecule has 0 unspecified atom stereocenters. The topological polar surface area (TPSA) is 37.4 Å². The number of amides is 1. The summed E-state index contributed by atoms with van der Waals surface area (Å²) in [6.07, 6.45) is 0. The van der Waals surface area contributed by atoms with E-state index in [-0.39, 0.29) is 11.6 Å². The van der Waals surface area contributed by atoms with E-state index in [0.29, 0.717) is 21.3 Å². The molecule has 1 amide bonds. The van der Waals surface area contributed by atoms with Crippen LogP contribution in [0.4, 0.5) is 10.1 Å². The fourth-order valence-electron chi connectivity index (χ4n) is 2.28. The third-order valence-corrected chi connectivity index (χ3v) is 4.31. The number of rotatable bonds is 2. The molecule has 1 aliphatic rings. The number of benzene rings is 2. The second-order valence-corrected chi connectivity index (χ2v) is 5.85. The van der Waals surface area contributed by atoms with Gasteiger partial charge < -0.3 is 4.90 Å². The van der Waals surface area contributed by atoms with Gasteiger partial charge in [0.15, 0.2) is 0 Å². The van der Waals surface area contributed by atoms with Gasteiger partial charge in [-0.15, -0.1) is 0 Å². The molecule has 0 saturated carbocycles. The smallest absolute Gasteiger partial charge is 0.299 e. The average Bonchev–Trinajstić information content (AvgIpc) is 2.68. The first kappa shape index (κ1) is 14.2. The van der Waals surface area contributed by atoms with Crippen LogP contribution in [0.15, 0.2) is 40.9 Å². The maximum Gasteiger partial charge on any atom is 0.299 e. The zero-order chi connectivity index (χ0) is 15.1. The Morgan fingerprint density at radius 2 is 1.95 bits per heavy atom. The van der Waals surface area contributed by atoms with E-state index in [2.05, 4.69) is 15.9 Å². The molecular weight excluding hydrogens is 361 g/mol. The van der Waals surface area contributed by atoms with E-state index in [9.17, 15) is 14.0 Å². The van der Waals surface area contributed by atoms with Crippen molar-refractivity contribution in [3.05, 3.63) is 62.8 Å². The fraction of sp³-hybridized carbons (Fsp3) is 0.0667. The van der Waals surface area contributed by atoms with E-state index >= 15 is 0 Å². The lowest BCUT2D eigenvalue weighted by molar-refractivity contribution is -0.114. The minimum absolute atomic E-state index is 0.118. The third kappa shape index (κ3) is 2.36. The molecule has 2 aromatic carbocycles. The fourth-order valence-corrected chi connectivity index (χ4v) is 3.04. The number of nitrogens with zero attached hydrogens (tertiary/aromatic N) is 1. The molecule has 0 radical (unpaired) electrons. The van der Waals surface area contributed by atoms with Gasteiger partial charge in [-0.2, -0.15) is 0 Å². The number of halogens is 3. The first-order valence-corrected chi connectivity index (χ1v) is 7.25. The van der Waals surface area contributed by atoms with Gasteiger partial charge in [0.1, 0.15) is 5.82 Å². The Balaban J connectivity index is 2.03. The lowest BCUT2D eigenvalue weighted by Gasteiger charge is -2.17. The molecule has 6 heteroatoms.